The minimum atomic E-state index is -0.389. The number of imidazole rings is 1. The van der Waals surface area contributed by atoms with E-state index in [4.69, 9.17) is 0 Å². The van der Waals surface area contributed by atoms with Crippen molar-refractivity contribution in [3.8, 4) is 0 Å². The summed E-state index contributed by atoms with van der Waals surface area (Å²) in [5.41, 5.74) is 4.98. The van der Waals surface area contributed by atoms with Gasteiger partial charge in [-0.15, -0.1) is 0 Å². The molecular weight excluding hydrogens is 320 g/mol. The monoisotopic (exact) mass is 350 g/mol. The maximum atomic E-state index is 11.3. The van der Waals surface area contributed by atoms with Crippen molar-refractivity contribution in [2.24, 2.45) is 11.8 Å². The highest BCUT2D eigenvalue weighted by molar-refractivity contribution is 5.50. The Kier molecular flexibility index (Phi) is 4.99. The quantitative estimate of drug-likeness (QED) is 0.715. The predicted molar refractivity (Wildman–Crippen MR) is 106 cm³/mol. The molecule has 0 bridgehead atoms. The number of nitrogens with zero attached hydrogens (tertiary/aromatic N) is 2. The summed E-state index contributed by atoms with van der Waals surface area (Å²) in [6.07, 6.45) is 17.0. The van der Waals surface area contributed by atoms with Crippen LogP contribution in [-0.2, 0) is 0 Å². The molecule has 1 unspecified atom stereocenters. The molecule has 0 radical (unpaired) electrons. The zero-order chi connectivity index (χ0) is 18.1. The minimum Gasteiger partial charge on any atom is -0.387 e. The molecule has 2 aliphatic rings. The lowest BCUT2D eigenvalue weighted by atomic mass is 9.75. The molecule has 0 amide bonds. The highest BCUT2D eigenvalue weighted by Crippen LogP contribution is 2.46. The standard InChI is InChI=1S/C23H30N2O/c1-3-5-16(4-2)17-6-10-19(11-7-17)23(26)22-21(18-8-9-18)13-12-20-14-24-15-25(20)22/h3-5,12-15,17-19,23,26H,6-11H2,1-2H3/b5-3-,16-4+. The molecule has 138 valence electrons. The lowest BCUT2D eigenvalue weighted by Crippen LogP contribution is -2.23. The third-order valence-electron chi connectivity index (χ3n) is 6.34. The van der Waals surface area contributed by atoms with Crippen molar-refractivity contribution in [3.05, 3.63) is 59.7 Å². The first-order chi connectivity index (χ1) is 12.7. The van der Waals surface area contributed by atoms with E-state index in [1.54, 1.807) is 0 Å². The van der Waals surface area contributed by atoms with E-state index in [2.05, 4.69) is 53.6 Å². The fraction of sp³-hybridized carbons (Fsp3) is 0.522. The first kappa shape index (κ1) is 17.5. The number of hydrogen-bond acceptors (Lipinski definition) is 2. The second kappa shape index (κ2) is 7.40. The van der Waals surface area contributed by atoms with Gasteiger partial charge in [0.05, 0.1) is 29.8 Å². The number of aliphatic hydroxyl groups excluding tert-OH is 1. The van der Waals surface area contributed by atoms with E-state index in [1.165, 1.54) is 36.8 Å². The third-order valence-corrected chi connectivity index (χ3v) is 6.34. The van der Waals surface area contributed by atoms with Gasteiger partial charge in [-0.05, 0) is 87.3 Å². The van der Waals surface area contributed by atoms with E-state index < -0.39 is 0 Å². The smallest absolute Gasteiger partial charge is 0.0995 e. The average Bonchev–Trinajstić information content (AvgIpc) is 3.41. The summed E-state index contributed by atoms with van der Waals surface area (Å²) in [6, 6.07) is 4.37. The number of aromatic nitrogens is 2. The van der Waals surface area contributed by atoms with E-state index in [0.29, 0.717) is 17.8 Å². The van der Waals surface area contributed by atoms with Crippen LogP contribution >= 0.6 is 0 Å². The zero-order valence-electron chi connectivity index (χ0n) is 15.9. The number of pyridine rings is 1. The van der Waals surface area contributed by atoms with Gasteiger partial charge in [-0.25, -0.2) is 4.98 Å². The van der Waals surface area contributed by atoms with Crippen LogP contribution in [0.2, 0.25) is 0 Å². The number of rotatable bonds is 5. The van der Waals surface area contributed by atoms with Crippen molar-refractivity contribution < 1.29 is 5.11 Å². The van der Waals surface area contributed by atoms with Crippen LogP contribution < -0.4 is 0 Å². The Bertz CT molecular complexity index is 820. The minimum absolute atomic E-state index is 0.348. The van der Waals surface area contributed by atoms with Crippen LogP contribution in [0.1, 0.15) is 75.7 Å². The molecule has 2 aromatic rings. The van der Waals surface area contributed by atoms with Crippen LogP contribution in [0.4, 0.5) is 0 Å². The predicted octanol–water partition coefficient (Wildman–Crippen LogP) is 5.57. The van der Waals surface area contributed by atoms with Crippen LogP contribution in [0.5, 0.6) is 0 Å². The topological polar surface area (TPSA) is 37.5 Å². The van der Waals surface area contributed by atoms with E-state index in [0.717, 1.165) is 24.1 Å². The van der Waals surface area contributed by atoms with E-state index >= 15 is 0 Å². The first-order valence-electron chi connectivity index (χ1n) is 10.1. The van der Waals surface area contributed by atoms with Crippen LogP contribution in [0, 0.1) is 11.8 Å². The molecule has 2 aromatic heterocycles. The van der Waals surface area contributed by atoms with Gasteiger partial charge in [0.25, 0.3) is 0 Å². The first-order valence-corrected chi connectivity index (χ1v) is 10.1. The molecule has 3 heteroatoms. The summed E-state index contributed by atoms with van der Waals surface area (Å²) in [6.45, 7) is 4.22. The highest BCUT2D eigenvalue weighted by atomic mass is 16.3. The van der Waals surface area contributed by atoms with E-state index in [-0.39, 0.29) is 6.10 Å². The van der Waals surface area contributed by atoms with Crippen molar-refractivity contribution >= 4 is 5.52 Å². The van der Waals surface area contributed by atoms with Gasteiger partial charge in [-0.3, -0.25) is 0 Å². The Hall–Kier alpha value is -1.87. The van der Waals surface area contributed by atoms with E-state index in [1.807, 2.05) is 12.5 Å². The molecule has 1 atom stereocenters. The molecule has 3 nitrogen and oxygen atoms in total. The summed E-state index contributed by atoms with van der Waals surface area (Å²) < 4.78 is 2.13. The summed E-state index contributed by atoms with van der Waals surface area (Å²) in [5.74, 6) is 1.62. The zero-order valence-corrected chi connectivity index (χ0v) is 15.9. The Morgan fingerprint density at radius 3 is 2.58 bits per heavy atom. The van der Waals surface area contributed by atoms with Crippen LogP contribution in [0.25, 0.3) is 5.52 Å². The van der Waals surface area contributed by atoms with Gasteiger partial charge in [0.1, 0.15) is 0 Å². The molecular formula is C23H30N2O. The van der Waals surface area contributed by atoms with Crippen molar-refractivity contribution in [3.63, 3.8) is 0 Å². The SMILES string of the molecule is C/C=C\C(=C/C)C1CCC(C(O)c2c(C3CC3)ccc3cncn23)CC1. The molecule has 2 heterocycles. The maximum absolute atomic E-state index is 11.3. The maximum Gasteiger partial charge on any atom is 0.0995 e. The Balaban J connectivity index is 1.56. The number of allylic oxidation sites excluding steroid dienone is 4. The third kappa shape index (κ3) is 3.25. The molecule has 0 aliphatic heterocycles. The van der Waals surface area contributed by atoms with Gasteiger partial charge in [0, 0.05) is 0 Å². The van der Waals surface area contributed by atoms with Crippen LogP contribution in [-0.4, -0.2) is 14.5 Å². The molecule has 0 aromatic carbocycles. The lowest BCUT2D eigenvalue weighted by molar-refractivity contribution is 0.0722. The Morgan fingerprint density at radius 2 is 1.92 bits per heavy atom. The molecule has 0 spiro atoms. The van der Waals surface area contributed by atoms with Crippen LogP contribution in [0.3, 0.4) is 0 Å². The molecule has 2 aliphatic carbocycles. The summed E-state index contributed by atoms with van der Waals surface area (Å²) in [5, 5.41) is 11.3. The summed E-state index contributed by atoms with van der Waals surface area (Å²) in [7, 11) is 0. The van der Waals surface area contributed by atoms with Crippen LogP contribution in [0.15, 0.2) is 48.5 Å². The van der Waals surface area contributed by atoms with Gasteiger partial charge in [0.2, 0.25) is 0 Å². The largest absolute Gasteiger partial charge is 0.387 e. The van der Waals surface area contributed by atoms with Gasteiger partial charge in [0.15, 0.2) is 0 Å². The highest BCUT2D eigenvalue weighted by Gasteiger charge is 2.34. The number of hydrogen-bond donors (Lipinski definition) is 1. The Labute approximate surface area is 156 Å². The molecule has 1 N–H and O–H groups in total. The normalized spacial score (nSPS) is 25.9. The van der Waals surface area contributed by atoms with Crippen molar-refractivity contribution in [1.29, 1.82) is 0 Å². The fourth-order valence-electron chi connectivity index (χ4n) is 4.73. The van der Waals surface area contributed by atoms with Gasteiger partial charge >= 0.3 is 0 Å². The molecule has 0 saturated heterocycles. The molecule has 4 rings (SSSR count). The van der Waals surface area contributed by atoms with Crippen molar-refractivity contribution in [2.75, 3.05) is 0 Å². The fourth-order valence-corrected chi connectivity index (χ4v) is 4.73. The molecule has 2 saturated carbocycles. The second-order valence-electron chi connectivity index (χ2n) is 7.98. The number of fused-ring (bicyclic) bond motifs is 1. The molecule has 26 heavy (non-hydrogen) atoms. The second-order valence-corrected chi connectivity index (χ2v) is 7.98. The van der Waals surface area contributed by atoms with Gasteiger partial charge in [-0.2, -0.15) is 0 Å². The van der Waals surface area contributed by atoms with E-state index in [9.17, 15) is 5.11 Å². The summed E-state index contributed by atoms with van der Waals surface area (Å²) >= 11 is 0. The number of aliphatic hydroxyl groups is 1. The summed E-state index contributed by atoms with van der Waals surface area (Å²) in [4.78, 5) is 4.31. The van der Waals surface area contributed by atoms with Crippen molar-refractivity contribution in [2.45, 2.75) is 64.4 Å². The van der Waals surface area contributed by atoms with Crippen molar-refractivity contribution in [1.82, 2.24) is 9.38 Å². The molecule has 2 fully saturated rings. The Morgan fingerprint density at radius 1 is 1.15 bits per heavy atom. The lowest BCUT2D eigenvalue weighted by Gasteiger charge is -2.33. The van der Waals surface area contributed by atoms with Gasteiger partial charge < -0.3 is 9.51 Å². The average molecular weight is 351 g/mol. The van der Waals surface area contributed by atoms with Gasteiger partial charge in [-0.1, -0.05) is 24.3 Å².